The lowest BCUT2D eigenvalue weighted by Gasteiger charge is -2.17. The van der Waals surface area contributed by atoms with Gasteiger partial charge in [0.15, 0.2) is 0 Å². The molecule has 114 valence electrons. The number of anilines is 1. The molecule has 1 unspecified atom stereocenters. The number of rotatable bonds is 7. The molecule has 0 heterocycles. The van der Waals surface area contributed by atoms with E-state index in [1.807, 2.05) is 13.8 Å². The van der Waals surface area contributed by atoms with Crippen LogP contribution in [0, 0.1) is 5.92 Å². The third kappa shape index (κ3) is 4.42. The number of nitrogens with one attached hydrogen (secondary N) is 1. The maximum absolute atomic E-state index is 12.6. The van der Waals surface area contributed by atoms with Crippen LogP contribution in [0.15, 0.2) is 29.2 Å². The molecule has 1 aromatic rings. The second-order valence-electron chi connectivity index (χ2n) is 5.07. The van der Waals surface area contributed by atoms with Gasteiger partial charge in [0.1, 0.15) is 0 Å². The summed E-state index contributed by atoms with van der Waals surface area (Å²) in [5, 5.41) is 2.84. The molecule has 1 atom stereocenters. The lowest BCUT2D eigenvalue weighted by Crippen LogP contribution is -2.31. The van der Waals surface area contributed by atoms with Gasteiger partial charge in [-0.05, 0) is 24.5 Å². The van der Waals surface area contributed by atoms with Crippen LogP contribution in [-0.4, -0.2) is 26.8 Å². The highest BCUT2D eigenvalue weighted by molar-refractivity contribution is 7.91. The highest BCUT2D eigenvalue weighted by atomic mass is 32.2. The topological polar surface area (TPSA) is 72.2 Å². The SMILES string of the molecule is CC(C)CC(N)CNc1ccccc1S(=O)(=O)C(F)F. The second-order valence-corrected chi connectivity index (χ2v) is 6.96. The predicted molar refractivity (Wildman–Crippen MR) is 75.6 cm³/mol. The molecule has 0 bridgehead atoms. The first kappa shape index (κ1) is 16.8. The number of sulfone groups is 1. The Bertz CT molecular complexity index is 533. The molecule has 0 aliphatic carbocycles. The Kier molecular flexibility index (Phi) is 5.88. The molecule has 7 heteroatoms. The molecule has 20 heavy (non-hydrogen) atoms. The van der Waals surface area contributed by atoms with Gasteiger partial charge in [-0.15, -0.1) is 0 Å². The standard InChI is InChI=1S/C13H20F2N2O2S/c1-9(2)7-10(16)8-17-11-5-3-4-6-12(11)20(18,19)13(14)15/h3-6,9-10,13,17H,7-8,16H2,1-2H3. The molecule has 1 rings (SSSR count). The number of benzene rings is 1. The van der Waals surface area contributed by atoms with E-state index in [1.54, 1.807) is 6.07 Å². The van der Waals surface area contributed by atoms with Crippen molar-refractivity contribution in [1.82, 2.24) is 0 Å². The van der Waals surface area contributed by atoms with Crippen molar-refractivity contribution < 1.29 is 17.2 Å². The van der Waals surface area contributed by atoms with Gasteiger partial charge in [-0.25, -0.2) is 8.42 Å². The van der Waals surface area contributed by atoms with E-state index in [1.165, 1.54) is 12.1 Å². The summed E-state index contributed by atoms with van der Waals surface area (Å²) in [5.74, 6) is -3.03. The summed E-state index contributed by atoms with van der Waals surface area (Å²) in [4.78, 5) is -0.397. The van der Waals surface area contributed by atoms with Crippen LogP contribution in [0.4, 0.5) is 14.5 Å². The summed E-state index contributed by atoms with van der Waals surface area (Å²) in [5.41, 5.74) is 6.04. The van der Waals surface area contributed by atoms with Crippen molar-refractivity contribution in [2.24, 2.45) is 11.7 Å². The minimum atomic E-state index is -4.62. The third-order valence-corrected chi connectivity index (χ3v) is 4.20. The van der Waals surface area contributed by atoms with Gasteiger partial charge < -0.3 is 11.1 Å². The molecule has 0 aliphatic heterocycles. The average molecular weight is 306 g/mol. The quantitative estimate of drug-likeness (QED) is 0.811. The fraction of sp³-hybridized carbons (Fsp3) is 0.538. The average Bonchev–Trinajstić information content (AvgIpc) is 2.35. The fourth-order valence-electron chi connectivity index (χ4n) is 1.89. The largest absolute Gasteiger partial charge is 0.382 e. The first-order valence-electron chi connectivity index (χ1n) is 6.35. The van der Waals surface area contributed by atoms with Crippen molar-refractivity contribution in [1.29, 1.82) is 0 Å². The van der Waals surface area contributed by atoms with Gasteiger partial charge in [0.05, 0.1) is 10.6 Å². The van der Waals surface area contributed by atoms with Gasteiger partial charge in [0.25, 0.3) is 0 Å². The van der Waals surface area contributed by atoms with Crippen molar-refractivity contribution in [2.75, 3.05) is 11.9 Å². The monoisotopic (exact) mass is 306 g/mol. The van der Waals surface area contributed by atoms with Crippen LogP contribution in [0.2, 0.25) is 0 Å². The molecule has 4 nitrogen and oxygen atoms in total. The fourth-order valence-corrected chi connectivity index (χ4v) is 2.79. The molecular weight excluding hydrogens is 286 g/mol. The van der Waals surface area contributed by atoms with Crippen molar-refractivity contribution in [3.63, 3.8) is 0 Å². The Hall–Kier alpha value is -1.21. The van der Waals surface area contributed by atoms with Crippen molar-refractivity contribution in [2.45, 2.75) is 37.0 Å². The molecule has 3 N–H and O–H groups in total. The van der Waals surface area contributed by atoms with E-state index in [0.717, 1.165) is 12.5 Å². The molecule has 0 aliphatic rings. The van der Waals surface area contributed by atoms with E-state index in [9.17, 15) is 17.2 Å². The summed E-state index contributed by atoms with van der Waals surface area (Å²) >= 11 is 0. The van der Waals surface area contributed by atoms with Crippen LogP contribution in [0.1, 0.15) is 20.3 Å². The summed E-state index contributed by atoms with van der Waals surface area (Å²) in [6.07, 6.45) is 0.761. The Morgan fingerprint density at radius 1 is 1.25 bits per heavy atom. The van der Waals surface area contributed by atoms with Crippen molar-refractivity contribution >= 4 is 15.5 Å². The minimum absolute atomic E-state index is 0.159. The van der Waals surface area contributed by atoms with Crippen LogP contribution in [0.3, 0.4) is 0 Å². The first-order valence-corrected chi connectivity index (χ1v) is 7.90. The highest BCUT2D eigenvalue weighted by Gasteiger charge is 2.28. The molecule has 0 spiro atoms. The Morgan fingerprint density at radius 2 is 1.85 bits per heavy atom. The van der Waals surface area contributed by atoms with E-state index in [2.05, 4.69) is 5.32 Å². The van der Waals surface area contributed by atoms with Crippen LogP contribution < -0.4 is 11.1 Å². The predicted octanol–water partition coefficient (Wildman–Crippen LogP) is 2.47. The van der Waals surface area contributed by atoms with E-state index >= 15 is 0 Å². The third-order valence-electron chi connectivity index (χ3n) is 2.76. The zero-order valence-electron chi connectivity index (χ0n) is 11.5. The Balaban J connectivity index is 2.87. The van der Waals surface area contributed by atoms with Crippen molar-refractivity contribution in [3.05, 3.63) is 24.3 Å². The minimum Gasteiger partial charge on any atom is -0.382 e. The van der Waals surface area contributed by atoms with E-state index < -0.39 is 20.5 Å². The molecule has 0 aromatic heterocycles. The van der Waals surface area contributed by atoms with E-state index in [4.69, 9.17) is 5.73 Å². The molecule has 1 aromatic carbocycles. The van der Waals surface area contributed by atoms with Gasteiger partial charge in [-0.3, -0.25) is 0 Å². The zero-order chi connectivity index (χ0) is 15.3. The number of hydrogen-bond donors (Lipinski definition) is 2. The highest BCUT2D eigenvalue weighted by Crippen LogP contribution is 2.26. The van der Waals surface area contributed by atoms with Crippen LogP contribution >= 0.6 is 0 Å². The van der Waals surface area contributed by atoms with Crippen molar-refractivity contribution in [3.8, 4) is 0 Å². The number of nitrogens with two attached hydrogens (primary N) is 1. The van der Waals surface area contributed by atoms with Crippen LogP contribution in [-0.2, 0) is 9.84 Å². The van der Waals surface area contributed by atoms with E-state index in [-0.39, 0.29) is 11.7 Å². The normalized spacial score (nSPS) is 13.8. The smallest absolute Gasteiger partial charge is 0.341 e. The van der Waals surface area contributed by atoms with Gasteiger partial charge in [0, 0.05) is 12.6 Å². The lowest BCUT2D eigenvalue weighted by molar-refractivity contribution is 0.235. The molecular formula is C13H20F2N2O2S. The summed E-state index contributed by atoms with van der Waals surface area (Å²) < 4.78 is 48.3. The number of halogens is 2. The summed E-state index contributed by atoms with van der Waals surface area (Å²) in [7, 11) is -4.62. The lowest BCUT2D eigenvalue weighted by atomic mass is 10.0. The van der Waals surface area contributed by atoms with Gasteiger partial charge >= 0.3 is 5.76 Å². The summed E-state index contributed by atoms with van der Waals surface area (Å²) in [6.45, 7) is 4.37. The van der Waals surface area contributed by atoms with Crippen LogP contribution in [0.25, 0.3) is 0 Å². The zero-order valence-corrected chi connectivity index (χ0v) is 12.3. The Labute approximate surface area is 118 Å². The Morgan fingerprint density at radius 3 is 2.40 bits per heavy atom. The summed E-state index contributed by atoms with van der Waals surface area (Å²) in [6, 6.07) is 5.45. The van der Waals surface area contributed by atoms with E-state index in [0.29, 0.717) is 12.5 Å². The maximum Gasteiger partial charge on any atom is 0.341 e. The number of hydrogen-bond acceptors (Lipinski definition) is 4. The molecule has 0 saturated carbocycles. The van der Waals surface area contributed by atoms with Gasteiger partial charge in [-0.2, -0.15) is 8.78 Å². The number of alkyl halides is 2. The molecule has 0 fully saturated rings. The maximum atomic E-state index is 12.6. The molecule has 0 radical (unpaired) electrons. The van der Waals surface area contributed by atoms with Gasteiger partial charge in [-0.1, -0.05) is 26.0 Å². The van der Waals surface area contributed by atoms with Crippen LogP contribution in [0.5, 0.6) is 0 Å². The molecule has 0 amide bonds. The second kappa shape index (κ2) is 6.99. The molecule has 0 saturated heterocycles. The van der Waals surface area contributed by atoms with Gasteiger partial charge in [0.2, 0.25) is 9.84 Å². The first-order chi connectivity index (χ1) is 9.25. The number of para-hydroxylation sites is 1.